The lowest BCUT2D eigenvalue weighted by Gasteiger charge is -2.19. The summed E-state index contributed by atoms with van der Waals surface area (Å²) in [4.78, 5) is 0. The lowest BCUT2D eigenvalue weighted by molar-refractivity contribution is 0.669. The third-order valence-corrected chi connectivity index (χ3v) is 10.3. The van der Waals surface area contributed by atoms with Crippen LogP contribution in [-0.4, -0.2) is 4.57 Å². The first-order valence-electron chi connectivity index (χ1n) is 16.5. The molecule has 9 aromatic carbocycles. The van der Waals surface area contributed by atoms with E-state index in [9.17, 15) is 0 Å². The quantitative estimate of drug-likeness (QED) is 0.144. The minimum atomic E-state index is 0.938. The van der Waals surface area contributed by atoms with Crippen LogP contribution in [-0.2, 0) is 0 Å². The summed E-state index contributed by atoms with van der Waals surface area (Å²) in [5.74, 6) is 0. The SMILES string of the molecule is c1ccc(-n2c3ccccc3c3ccc(-c4c5ccccc5c(-c5cc6cccc7oc8cccc5c8c67)c5ccccc45)cc32)cc1. The Kier molecular flexibility index (Phi) is 5.14. The van der Waals surface area contributed by atoms with Gasteiger partial charge in [0.2, 0.25) is 0 Å². The molecular formula is C46H27NO. The van der Waals surface area contributed by atoms with Crippen molar-refractivity contribution < 1.29 is 4.42 Å². The smallest absolute Gasteiger partial charge is 0.136 e. The van der Waals surface area contributed by atoms with Gasteiger partial charge in [-0.15, -0.1) is 0 Å². The van der Waals surface area contributed by atoms with Gasteiger partial charge in [-0.25, -0.2) is 0 Å². The molecule has 2 nitrogen and oxygen atoms in total. The number of aromatic nitrogens is 1. The van der Waals surface area contributed by atoms with Crippen molar-refractivity contribution in [2.45, 2.75) is 0 Å². The fourth-order valence-electron chi connectivity index (χ4n) is 8.39. The molecule has 0 aliphatic heterocycles. The van der Waals surface area contributed by atoms with Gasteiger partial charge in [-0.2, -0.15) is 0 Å². The first kappa shape index (κ1) is 25.8. The zero-order valence-electron chi connectivity index (χ0n) is 25.9. The third kappa shape index (κ3) is 3.41. The second-order valence-corrected chi connectivity index (χ2v) is 12.8. The Hall–Kier alpha value is -6.38. The van der Waals surface area contributed by atoms with E-state index in [2.05, 4.69) is 168 Å². The molecule has 0 saturated carbocycles. The van der Waals surface area contributed by atoms with Gasteiger partial charge >= 0.3 is 0 Å². The van der Waals surface area contributed by atoms with Crippen LogP contribution in [0, 0.1) is 0 Å². The molecule has 11 rings (SSSR count). The summed E-state index contributed by atoms with van der Waals surface area (Å²) in [5.41, 5.74) is 10.4. The molecule has 2 heterocycles. The summed E-state index contributed by atoms with van der Waals surface area (Å²) in [5, 5.41) is 12.4. The summed E-state index contributed by atoms with van der Waals surface area (Å²) >= 11 is 0. The van der Waals surface area contributed by atoms with E-state index in [4.69, 9.17) is 4.42 Å². The minimum absolute atomic E-state index is 0.938. The molecule has 48 heavy (non-hydrogen) atoms. The van der Waals surface area contributed by atoms with E-state index >= 15 is 0 Å². The molecule has 222 valence electrons. The Morgan fingerprint density at radius 1 is 0.375 bits per heavy atom. The lowest BCUT2D eigenvalue weighted by Crippen LogP contribution is -1.94. The number of fused-ring (bicyclic) bond motifs is 5. The van der Waals surface area contributed by atoms with E-state index in [-0.39, 0.29) is 0 Å². The standard InChI is InChI=1S/C46H27NO/c1-2-13-30(14-3-1)47-39-21-9-8-15-31(39)32-25-24-29(27-40(32)47)43-33-16-4-6-18-35(33)45(36-19-7-5-17-34(36)43)38-26-28-12-10-22-41-44(28)46-37(38)20-11-23-42(46)48-41/h1-27H. The highest BCUT2D eigenvalue weighted by molar-refractivity contribution is 6.30. The Morgan fingerprint density at radius 2 is 0.958 bits per heavy atom. The normalized spacial score (nSPS) is 12.2. The average Bonchev–Trinajstić information content (AvgIpc) is 3.69. The summed E-state index contributed by atoms with van der Waals surface area (Å²) < 4.78 is 8.76. The van der Waals surface area contributed by atoms with Crippen molar-refractivity contribution in [3.05, 3.63) is 164 Å². The van der Waals surface area contributed by atoms with Gasteiger partial charge in [0.05, 0.1) is 11.0 Å². The molecule has 0 aliphatic rings. The maximum atomic E-state index is 6.35. The number of hydrogen-bond donors (Lipinski definition) is 0. The number of para-hydroxylation sites is 2. The molecule has 0 fully saturated rings. The highest BCUT2D eigenvalue weighted by atomic mass is 16.3. The molecule has 0 saturated heterocycles. The second-order valence-electron chi connectivity index (χ2n) is 12.8. The summed E-state index contributed by atoms with van der Waals surface area (Å²) in [6, 6.07) is 59.6. The van der Waals surface area contributed by atoms with E-state index in [0.717, 1.165) is 16.9 Å². The second kappa shape index (κ2) is 9.57. The minimum Gasteiger partial charge on any atom is -0.456 e. The van der Waals surface area contributed by atoms with Gasteiger partial charge in [0.25, 0.3) is 0 Å². The molecule has 0 N–H and O–H groups in total. The van der Waals surface area contributed by atoms with Crippen LogP contribution in [0.3, 0.4) is 0 Å². The van der Waals surface area contributed by atoms with Crippen molar-refractivity contribution in [2.75, 3.05) is 0 Å². The molecule has 0 atom stereocenters. The van der Waals surface area contributed by atoms with Gasteiger partial charge in [-0.05, 0) is 97.0 Å². The first-order valence-corrected chi connectivity index (χ1v) is 16.5. The van der Waals surface area contributed by atoms with Crippen LogP contribution in [0.5, 0.6) is 0 Å². The lowest BCUT2D eigenvalue weighted by atomic mass is 9.83. The topological polar surface area (TPSA) is 18.1 Å². The third-order valence-electron chi connectivity index (χ3n) is 10.3. The van der Waals surface area contributed by atoms with Gasteiger partial charge < -0.3 is 8.98 Å². The number of rotatable bonds is 3. The highest BCUT2D eigenvalue weighted by Crippen LogP contribution is 2.49. The van der Waals surface area contributed by atoms with Crippen LogP contribution < -0.4 is 0 Å². The van der Waals surface area contributed by atoms with Gasteiger partial charge in [-0.3, -0.25) is 0 Å². The van der Waals surface area contributed by atoms with E-state index in [1.165, 1.54) is 87.1 Å². The summed E-state index contributed by atoms with van der Waals surface area (Å²) in [7, 11) is 0. The van der Waals surface area contributed by atoms with Crippen LogP contribution in [0.15, 0.2) is 168 Å². The zero-order chi connectivity index (χ0) is 31.3. The molecule has 2 aromatic heterocycles. The van der Waals surface area contributed by atoms with Crippen LogP contribution >= 0.6 is 0 Å². The largest absolute Gasteiger partial charge is 0.456 e. The Bertz CT molecular complexity index is 2990. The van der Waals surface area contributed by atoms with Crippen molar-refractivity contribution in [1.82, 2.24) is 4.57 Å². The van der Waals surface area contributed by atoms with Crippen LogP contribution in [0.25, 0.3) is 104 Å². The maximum absolute atomic E-state index is 6.35. The average molecular weight is 610 g/mol. The molecule has 0 spiro atoms. The van der Waals surface area contributed by atoms with E-state index < -0.39 is 0 Å². The summed E-state index contributed by atoms with van der Waals surface area (Å²) in [6.07, 6.45) is 0. The van der Waals surface area contributed by atoms with Crippen LogP contribution in [0.1, 0.15) is 0 Å². The van der Waals surface area contributed by atoms with Crippen molar-refractivity contribution in [2.24, 2.45) is 0 Å². The Labute approximate surface area is 276 Å². The van der Waals surface area contributed by atoms with Crippen LogP contribution in [0.4, 0.5) is 0 Å². The number of benzene rings is 9. The molecule has 0 bridgehead atoms. The molecule has 0 radical (unpaired) electrons. The maximum Gasteiger partial charge on any atom is 0.136 e. The van der Waals surface area contributed by atoms with E-state index in [1.54, 1.807) is 0 Å². The zero-order valence-corrected chi connectivity index (χ0v) is 25.9. The number of nitrogens with zero attached hydrogens (tertiary/aromatic N) is 1. The van der Waals surface area contributed by atoms with Crippen molar-refractivity contribution in [3.63, 3.8) is 0 Å². The van der Waals surface area contributed by atoms with Crippen molar-refractivity contribution in [3.8, 4) is 27.9 Å². The van der Waals surface area contributed by atoms with E-state index in [0.29, 0.717) is 0 Å². The highest BCUT2D eigenvalue weighted by Gasteiger charge is 2.22. The van der Waals surface area contributed by atoms with Gasteiger partial charge in [0, 0.05) is 27.2 Å². The predicted octanol–water partition coefficient (Wildman–Crippen LogP) is 12.9. The van der Waals surface area contributed by atoms with Crippen molar-refractivity contribution in [1.29, 1.82) is 0 Å². The monoisotopic (exact) mass is 609 g/mol. The molecule has 0 unspecified atom stereocenters. The molecule has 0 amide bonds. The molecule has 0 aliphatic carbocycles. The van der Waals surface area contributed by atoms with Gasteiger partial charge in [-0.1, -0.05) is 121 Å². The Balaban J connectivity index is 1.27. The number of furan rings is 1. The molecule has 2 heteroatoms. The van der Waals surface area contributed by atoms with Crippen molar-refractivity contribution >= 4 is 76.1 Å². The first-order chi connectivity index (χ1) is 23.8. The fourth-order valence-corrected chi connectivity index (χ4v) is 8.39. The van der Waals surface area contributed by atoms with Gasteiger partial charge in [0.15, 0.2) is 0 Å². The molecular weight excluding hydrogens is 583 g/mol. The number of hydrogen-bond acceptors (Lipinski definition) is 1. The predicted molar refractivity (Wildman–Crippen MR) is 203 cm³/mol. The fraction of sp³-hybridized carbons (Fsp3) is 0. The summed E-state index contributed by atoms with van der Waals surface area (Å²) in [6.45, 7) is 0. The molecule has 11 aromatic rings. The van der Waals surface area contributed by atoms with Gasteiger partial charge in [0.1, 0.15) is 11.2 Å². The Morgan fingerprint density at radius 3 is 1.71 bits per heavy atom. The van der Waals surface area contributed by atoms with Crippen LogP contribution in [0.2, 0.25) is 0 Å². The van der Waals surface area contributed by atoms with E-state index in [1.807, 2.05) is 0 Å².